The lowest BCUT2D eigenvalue weighted by Crippen LogP contribution is -2.29. The maximum Gasteiger partial charge on any atom is 0.488 e. The van der Waals surface area contributed by atoms with Gasteiger partial charge in [-0.2, -0.15) is 0 Å². The summed E-state index contributed by atoms with van der Waals surface area (Å²) in [5.41, 5.74) is 11.2. The van der Waals surface area contributed by atoms with Gasteiger partial charge in [-0.15, -0.1) is 0 Å². The van der Waals surface area contributed by atoms with Gasteiger partial charge in [0.15, 0.2) is 0 Å². The molecule has 2 rings (SSSR count). The highest BCUT2D eigenvalue weighted by atomic mass is 19.1. The smallest absolute Gasteiger partial charge is 0.423 e. The number of rotatable bonds is 1. The molecule has 7 heteroatoms. The Morgan fingerprint density at radius 1 is 1.06 bits per heavy atom. The van der Waals surface area contributed by atoms with Gasteiger partial charge in [-0.1, -0.05) is 6.07 Å². The van der Waals surface area contributed by atoms with Gasteiger partial charge in [0.1, 0.15) is 5.82 Å². The van der Waals surface area contributed by atoms with Crippen molar-refractivity contribution >= 4 is 24.0 Å². The number of pyridine rings is 1. The highest BCUT2D eigenvalue weighted by molar-refractivity contribution is 6.58. The summed E-state index contributed by atoms with van der Waals surface area (Å²) in [7, 11) is -1.38. The van der Waals surface area contributed by atoms with Crippen molar-refractivity contribution in [3.63, 3.8) is 0 Å². The molecule has 0 fully saturated rings. The van der Waals surface area contributed by atoms with Crippen molar-refractivity contribution in [3.05, 3.63) is 48.5 Å². The largest absolute Gasteiger partial charge is 0.488 e. The van der Waals surface area contributed by atoms with Crippen LogP contribution in [-0.2, 0) is 0 Å². The summed E-state index contributed by atoms with van der Waals surface area (Å²) in [6, 6.07) is 7.43. The van der Waals surface area contributed by atoms with Crippen LogP contribution < -0.4 is 16.9 Å². The zero-order valence-electron chi connectivity index (χ0n) is 9.49. The molecule has 0 unspecified atom stereocenters. The zero-order chi connectivity index (χ0) is 13.5. The van der Waals surface area contributed by atoms with Crippen LogP contribution in [0.3, 0.4) is 0 Å². The lowest BCUT2D eigenvalue weighted by molar-refractivity contribution is 0.425. The van der Waals surface area contributed by atoms with Crippen molar-refractivity contribution in [2.75, 3.05) is 11.5 Å². The predicted molar refractivity (Wildman–Crippen MR) is 69.3 cm³/mol. The Kier molecular flexibility index (Phi) is 5.10. The van der Waals surface area contributed by atoms with Crippen LogP contribution in [0.2, 0.25) is 0 Å². The van der Waals surface area contributed by atoms with E-state index in [4.69, 9.17) is 21.5 Å². The van der Waals surface area contributed by atoms with Gasteiger partial charge in [-0.25, -0.2) is 4.39 Å². The van der Waals surface area contributed by atoms with Gasteiger partial charge in [0.25, 0.3) is 0 Å². The number of hydrogen-bond donors (Lipinski definition) is 4. The lowest BCUT2D eigenvalue weighted by atomic mass is 9.81. The average molecular weight is 249 g/mol. The van der Waals surface area contributed by atoms with Crippen LogP contribution in [0, 0.1) is 5.82 Å². The second kappa shape index (κ2) is 6.58. The van der Waals surface area contributed by atoms with E-state index in [1.54, 1.807) is 18.2 Å². The molecule has 1 aromatic carbocycles. The molecule has 2 aromatic rings. The Bertz CT molecular complexity index is 477. The van der Waals surface area contributed by atoms with Gasteiger partial charge in [0.2, 0.25) is 0 Å². The molecule has 94 valence electrons. The van der Waals surface area contributed by atoms with E-state index in [1.165, 1.54) is 24.5 Å². The monoisotopic (exact) mass is 249 g/mol. The van der Waals surface area contributed by atoms with Gasteiger partial charge < -0.3 is 21.5 Å². The van der Waals surface area contributed by atoms with Gasteiger partial charge in [-0.05, 0) is 29.7 Å². The molecule has 0 aliphatic heterocycles. The van der Waals surface area contributed by atoms with Crippen LogP contribution in [0.15, 0.2) is 42.7 Å². The number of hydrogen-bond acceptors (Lipinski definition) is 5. The first-order chi connectivity index (χ1) is 8.52. The minimum atomic E-state index is -1.38. The van der Waals surface area contributed by atoms with Crippen molar-refractivity contribution in [1.82, 2.24) is 4.98 Å². The number of aromatic nitrogens is 1. The highest BCUT2D eigenvalue weighted by Crippen LogP contribution is 2.16. The van der Waals surface area contributed by atoms with Crippen molar-refractivity contribution in [2.45, 2.75) is 0 Å². The van der Waals surface area contributed by atoms with Gasteiger partial charge in [0, 0.05) is 12.4 Å². The fourth-order valence-electron chi connectivity index (χ4n) is 1.09. The summed E-state index contributed by atoms with van der Waals surface area (Å²) in [4.78, 5) is 3.71. The molecule has 18 heavy (non-hydrogen) atoms. The van der Waals surface area contributed by atoms with Crippen molar-refractivity contribution in [3.8, 4) is 0 Å². The normalized spacial score (nSPS) is 9.28. The fourth-order valence-corrected chi connectivity index (χ4v) is 1.09. The van der Waals surface area contributed by atoms with Crippen LogP contribution in [0.4, 0.5) is 15.8 Å². The van der Waals surface area contributed by atoms with E-state index in [-0.39, 0.29) is 11.4 Å². The summed E-state index contributed by atoms with van der Waals surface area (Å²) < 4.78 is 12.4. The van der Waals surface area contributed by atoms with Gasteiger partial charge in [-0.3, -0.25) is 4.98 Å². The van der Waals surface area contributed by atoms with Crippen LogP contribution >= 0.6 is 0 Å². The number of nitrogen functional groups attached to an aromatic ring is 2. The number of halogens is 1. The molecule has 0 atom stereocenters. The van der Waals surface area contributed by atoms with Crippen LogP contribution in [0.25, 0.3) is 0 Å². The van der Waals surface area contributed by atoms with E-state index in [0.717, 1.165) is 0 Å². The van der Waals surface area contributed by atoms with E-state index in [9.17, 15) is 4.39 Å². The molecule has 0 radical (unpaired) electrons. The number of para-hydroxylation sites is 1. The third kappa shape index (κ3) is 4.04. The minimum absolute atomic E-state index is 0.0255. The second-order valence-corrected chi connectivity index (χ2v) is 3.40. The molecule has 1 heterocycles. The van der Waals surface area contributed by atoms with Crippen molar-refractivity contribution in [1.29, 1.82) is 0 Å². The number of nitrogens with two attached hydrogens (primary N) is 2. The van der Waals surface area contributed by atoms with Crippen LogP contribution in [-0.4, -0.2) is 22.2 Å². The zero-order valence-corrected chi connectivity index (χ0v) is 9.49. The summed E-state index contributed by atoms with van der Waals surface area (Å²) in [5, 5.41) is 17.1. The molecular weight excluding hydrogens is 236 g/mol. The molecule has 0 saturated heterocycles. The fraction of sp³-hybridized carbons (Fsp3) is 0. The summed E-state index contributed by atoms with van der Waals surface area (Å²) in [6.07, 6.45) is 3.02. The second-order valence-electron chi connectivity index (χ2n) is 3.40. The van der Waals surface area contributed by atoms with E-state index < -0.39 is 12.9 Å². The quantitative estimate of drug-likeness (QED) is 0.412. The Morgan fingerprint density at radius 3 is 2.06 bits per heavy atom. The average Bonchev–Trinajstić information content (AvgIpc) is 2.38. The Hall–Kier alpha value is -2.12. The Balaban J connectivity index is 0.000000180. The van der Waals surface area contributed by atoms with E-state index in [2.05, 4.69) is 4.98 Å². The number of benzene rings is 1. The molecule has 0 spiro atoms. The molecule has 0 bridgehead atoms. The van der Waals surface area contributed by atoms with E-state index in [0.29, 0.717) is 5.46 Å². The molecule has 6 N–H and O–H groups in total. The Labute approximate surface area is 104 Å². The molecule has 0 aliphatic rings. The molecule has 5 nitrogen and oxygen atoms in total. The maximum absolute atomic E-state index is 12.4. The van der Waals surface area contributed by atoms with E-state index in [1.807, 2.05) is 0 Å². The van der Waals surface area contributed by atoms with Gasteiger partial charge in [0.05, 0.1) is 11.4 Å². The van der Waals surface area contributed by atoms with Crippen molar-refractivity contribution in [2.24, 2.45) is 0 Å². The molecule has 1 aromatic heterocycles. The summed E-state index contributed by atoms with van der Waals surface area (Å²) in [6.45, 7) is 0. The van der Waals surface area contributed by atoms with E-state index >= 15 is 0 Å². The van der Waals surface area contributed by atoms with Gasteiger partial charge >= 0.3 is 7.12 Å². The first-order valence-corrected chi connectivity index (χ1v) is 5.08. The highest BCUT2D eigenvalue weighted by Gasteiger charge is 2.07. The minimum Gasteiger partial charge on any atom is -0.423 e. The Morgan fingerprint density at radius 2 is 1.67 bits per heavy atom. The molecule has 0 saturated carbocycles. The standard InChI is InChI=1S/C6H7FN2.C5H6BNO2/c7-4-2-1-3-5(8)6(4)9;8-6(9)5-1-3-7-4-2-5/h1-3H,8-9H2;1-4,8-9H. The first-order valence-electron chi connectivity index (χ1n) is 5.08. The van der Waals surface area contributed by atoms with Crippen LogP contribution in [0.1, 0.15) is 0 Å². The molecule has 0 amide bonds. The lowest BCUT2D eigenvalue weighted by Gasteiger charge is -1.97. The first kappa shape index (κ1) is 13.9. The number of nitrogens with zero attached hydrogens (tertiary/aromatic N) is 1. The summed E-state index contributed by atoms with van der Waals surface area (Å²) in [5.74, 6) is -0.463. The number of anilines is 2. The molecular formula is C11H13BFN3O2. The van der Waals surface area contributed by atoms with Crippen molar-refractivity contribution < 1.29 is 14.4 Å². The third-order valence-corrected chi connectivity index (χ3v) is 2.09. The van der Waals surface area contributed by atoms with Crippen LogP contribution in [0.5, 0.6) is 0 Å². The molecule has 0 aliphatic carbocycles. The topological polar surface area (TPSA) is 105 Å². The SMILES string of the molecule is Nc1cccc(F)c1N.OB(O)c1ccncc1. The summed E-state index contributed by atoms with van der Waals surface area (Å²) >= 11 is 0. The maximum atomic E-state index is 12.4. The third-order valence-electron chi connectivity index (χ3n) is 2.09. The predicted octanol–water partition coefficient (Wildman–Crippen LogP) is -0.249.